The number of sulfone groups is 1. The zero-order chi connectivity index (χ0) is 19.9. The molecule has 1 heterocycles. The molecule has 0 spiro atoms. The van der Waals surface area contributed by atoms with Gasteiger partial charge in [0.1, 0.15) is 0 Å². The summed E-state index contributed by atoms with van der Waals surface area (Å²) < 4.78 is 29.8. The van der Waals surface area contributed by atoms with Gasteiger partial charge in [0.05, 0.1) is 16.7 Å². The molecule has 6 heteroatoms. The first-order valence-corrected chi connectivity index (χ1v) is 11.1. The maximum Gasteiger partial charge on any atom is 0.198 e. The normalized spacial score (nSPS) is 14.2. The quantitative estimate of drug-likeness (QED) is 0.588. The van der Waals surface area contributed by atoms with E-state index in [9.17, 15) is 13.2 Å². The third-order valence-electron chi connectivity index (χ3n) is 5.21. The molecule has 1 fully saturated rings. The lowest BCUT2D eigenvalue weighted by Crippen LogP contribution is -2.12. The maximum absolute atomic E-state index is 13.3. The van der Waals surface area contributed by atoms with Crippen molar-refractivity contribution >= 4 is 15.6 Å². The molecular weight excluding hydrogens is 374 g/mol. The molecule has 1 aliphatic carbocycles. The van der Waals surface area contributed by atoms with Crippen LogP contribution < -0.4 is 0 Å². The highest BCUT2D eigenvalue weighted by atomic mass is 32.2. The number of ketones is 1. The Bertz CT molecular complexity index is 1140. The zero-order valence-corrected chi connectivity index (χ0v) is 16.6. The Balaban J connectivity index is 1.85. The summed E-state index contributed by atoms with van der Waals surface area (Å²) in [6.45, 7) is 1.76. The van der Waals surface area contributed by atoms with Crippen molar-refractivity contribution in [1.29, 1.82) is 0 Å². The van der Waals surface area contributed by atoms with Crippen LogP contribution in [-0.4, -0.2) is 25.6 Å². The number of hydrogen-bond acceptors (Lipinski definition) is 5. The molecular formula is C22H21NO4S. The van der Waals surface area contributed by atoms with E-state index in [4.69, 9.17) is 4.52 Å². The van der Waals surface area contributed by atoms with Gasteiger partial charge in [0.15, 0.2) is 21.4 Å². The number of carbonyl (C=O) groups is 1. The van der Waals surface area contributed by atoms with Gasteiger partial charge in [0.25, 0.3) is 0 Å². The third kappa shape index (κ3) is 3.52. The minimum atomic E-state index is -3.40. The molecule has 28 heavy (non-hydrogen) atoms. The Labute approximate surface area is 164 Å². The van der Waals surface area contributed by atoms with Gasteiger partial charge in [-0.15, -0.1) is 0 Å². The van der Waals surface area contributed by atoms with Crippen molar-refractivity contribution in [2.75, 3.05) is 6.26 Å². The van der Waals surface area contributed by atoms with E-state index in [2.05, 4.69) is 5.16 Å². The maximum atomic E-state index is 13.3. The Morgan fingerprint density at radius 2 is 1.82 bits per heavy atom. The summed E-state index contributed by atoms with van der Waals surface area (Å²) in [6.07, 6.45) is 5.13. The van der Waals surface area contributed by atoms with E-state index < -0.39 is 9.84 Å². The average molecular weight is 395 g/mol. The van der Waals surface area contributed by atoms with E-state index in [-0.39, 0.29) is 16.6 Å². The van der Waals surface area contributed by atoms with Crippen molar-refractivity contribution in [3.63, 3.8) is 0 Å². The summed E-state index contributed by atoms with van der Waals surface area (Å²) in [5.74, 6) is 0.730. The van der Waals surface area contributed by atoms with Crippen molar-refractivity contribution in [3.8, 4) is 0 Å². The monoisotopic (exact) mass is 395 g/mol. The van der Waals surface area contributed by atoms with E-state index in [0.29, 0.717) is 28.9 Å². The van der Waals surface area contributed by atoms with Gasteiger partial charge >= 0.3 is 0 Å². The number of nitrogens with zero attached hydrogens (tertiary/aromatic N) is 1. The van der Waals surface area contributed by atoms with Crippen LogP contribution in [0.25, 0.3) is 0 Å². The highest BCUT2D eigenvalue weighted by molar-refractivity contribution is 7.90. The average Bonchev–Trinajstić information content (AvgIpc) is 3.39. The van der Waals surface area contributed by atoms with Crippen LogP contribution >= 0.6 is 0 Å². The molecule has 5 nitrogen and oxygen atoms in total. The van der Waals surface area contributed by atoms with Gasteiger partial charge in [-0.05, 0) is 55.0 Å². The summed E-state index contributed by atoms with van der Waals surface area (Å²) in [6, 6.07) is 12.9. The molecule has 0 unspecified atom stereocenters. The molecule has 1 saturated carbocycles. The Morgan fingerprint density at radius 1 is 1.11 bits per heavy atom. The summed E-state index contributed by atoms with van der Waals surface area (Å²) in [5, 5.41) is 3.83. The molecule has 0 radical (unpaired) electrons. The van der Waals surface area contributed by atoms with Crippen molar-refractivity contribution in [3.05, 3.63) is 82.2 Å². The van der Waals surface area contributed by atoms with E-state index in [1.54, 1.807) is 13.0 Å². The SMILES string of the molecule is Cc1c(S(C)(=O)=O)ccc(C(=O)c2cnoc2C2CC2)c1Cc1ccccc1. The fourth-order valence-electron chi connectivity index (χ4n) is 3.58. The molecule has 0 bridgehead atoms. The summed E-state index contributed by atoms with van der Waals surface area (Å²) in [7, 11) is -3.40. The standard InChI is InChI=1S/C22H21NO4S/c1-14-18(12-15-6-4-3-5-7-15)17(10-11-20(14)28(2,25)26)21(24)19-13-23-27-22(19)16-8-9-16/h3-7,10-11,13,16H,8-9,12H2,1-2H3. The first kappa shape index (κ1) is 18.6. The molecule has 144 valence electrons. The second kappa shape index (κ2) is 7.02. The first-order chi connectivity index (χ1) is 13.4. The van der Waals surface area contributed by atoms with Gasteiger partial charge < -0.3 is 4.52 Å². The minimum absolute atomic E-state index is 0.169. The third-order valence-corrected chi connectivity index (χ3v) is 6.45. The number of aromatic nitrogens is 1. The van der Waals surface area contributed by atoms with Gasteiger partial charge in [-0.1, -0.05) is 35.5 Å². The first-order valence-electron chi connectivity index (χ1n) is 9.22. The molecule has 0 N–H and O–H groups in total. The van der Waals surface area contributed by atoms with Gasteiger partial charge in [0.2, 0.25) is 0 Å². The van der Waals surface area contributed by atoms with E-state index >= 15 is 0 Å². The topological polar surface area (TPSA) is 77.2 Å². The molecule has 2 aromatic carbocycles. The number of rotatable bonds is 6. The van der Waals surface area contributed by atoms with Gasteiger partial charge in [-0.3, -0.25) is 4.79 Å². The molecule has 0 aliphatic heterocycles. The molecule has 1 aliphatic rings. The smallest absolute Gasteiger partial charge is 0.198 e. The van der Waals surface area contributed by atoms with Gasteiger partial charge in [-0.25, -0.2) is 8.42 Å². The van der Waals surface area contributed by atoms with Crippen molar-refractivity contribution in [2.24, 2.45) is 0 Å². The number of carbonyl (C=O) groups excluding carboxylic acids is 1. The molecule has 0 amide bonds. The Kier molecular flexibility index (Phi) is 4.67. The van der Waals surface area contributed by atoms with Crippen LogP contribution in [0.15, 0.2) is 58.1 Å². The lowest BCUT2D eigenvalue weighted by Gasteiger charge is -2.15. The Morgan fingerprint density at radius 3 is 2.46 bits per heavy atom. The Hall–Kier alpha value is -2.73. The van der Waals surface area contributed by atoms with Crippen LogP contribution in [0, 0.1) is 6.92 Å². The van der Waals surface area contributed by atoms with Crippen LogP contribution in [0.4, 0.5) is 0 Å². The highest BCUT2D eigenvalue weighted by Gasteiger charge is 2.33. The fraction of sp³-hybridized carbons (Fsp3) is 0.273. The number of hydrogen-bond donors (Lipinski definition) is 0. The lowest BCUT2D eigenvalue weighted by molar-refractivity contribution is 0.103. The van der Waals surface area contributed by atoms with Crippen molar-refractivity contribution < 1.29 is 17.7 Å². The summed E-state index contributed by atoms with van der Waals surface area (Å²) in [5.41, 5.74) is 3.32. The largest absolute Gasteiger partial charge is 0.360 e. The van der Waals surface area contributed by atoms with Gasteiger partial charge in [0, 0.05) is 17.7 Å². The molecule has 1 aromatic heterocycles. The molecule has 0 atom stereocenters. The van der Waals surface area contributed by atoms with Crippen LogP contribution in [-0.2, 0) is 16.3 Å². The lowest BCUT2D eigenvalue weighted by atomic mass is 9.91. The molecule has 0 saturated heterocycles. The predicted molar refractivity (Wildman–Crippen MR) is 105 cm³/mol. The number of benzene rings is 2. The zero-order valence-electron chi connectivity index (χ0n) is 15.8. The summed E-state index contributed by atoms with van der Waals surface area (Å²) >= 11 is 0. The fourth-order valence-corrected chi connectivity index (χ4v) is 4.58. The van der Waals surface area contributed by atoms with Crippen LogP contribution in [0.3, 0.4) is 0 Å². The second-order valence-electron chi connectivity index (χ2n) is 7.36. The van der Waals surface area contributed by atoms with Crippen molar-refractivity contribution in [2.45, 2.75) is 37.0 Å². The van der Waals surface area contributed by atoms with Crippen LogP contribution in [0.1, 0.15) is 57.1 Å². The van der Waals surface area contributed by atoms with Crippen molar-refractivity contribution in [1.82, 2.24) is 5.16 Å². The van der Waals surface area contributed by atoms with E-state index in [0.717, 1.165) is 24.0 Å². The highest BCUT2D eigenvalue weighted by Crippen LogP contribution is 2.42. The minimum Gasteiger partial charge on any atom is -0.360 e. The molecule has 3 aromatic rings. The van der Waals surface area contributed by atoms with E-state index in [1.165, 1.54) is 18.5 Å². The second-order valence-corrected chi connectivity index (χ2v) is 9.34. The molecule has 4 rings (SSSR count). The van der Waals surface area contributed by atoms with Crippen LogP contribution in [0.2, 0.25) is 0 Å². The predicted octanol–water partition coefficient (Wildman–Crippen LogP) is 4.09. The summed E-state index contributed by atoms with van der Waals surface area (Å²) in [4.78, 5) is 13.6. The van der Waals surface area contributed by atoms with E-state index in [1.807, 2.05) is 30.3 Å². The van der Waals surface area contributed by atoms with Crippen LogP contribution in [0.5, 0.6) is 0 Å². The van der Waals surface area contributed by atoms with Gasteiger partial charge in [-0.2, -0.15) is 0 Å².